The molecule has 0 bridgehead atoms. The first-order valence-electron chi connectivity index (χ1n) is 6.97. The van der Waals surface area contributed by atoms with E-state index in [-0.39, 0.29) is 0 Å². The van der Waals surface area contributed by atoms with Gasteiger partial charge in [-0.05, 0) is 32.1 Å². The number of hydrogen-bond acceptors (Lipinski definition) is 2. The molecule has 0 aliphatic carbocycles. The maximum atomic E-state index is 4.52. The highest BCUT2D eigenvalue weighted by atomic mass is 15.1. The molecule has 2 aromatic rings. The maximum absolute atomic E-state index is 4.52. The second-order valence-electron chi connectivity index (χ2n) is 5.29. The summed E-state index contributed by atoms with van der Waals surface area (Å²) in [6.45, 7) is 3.91. The Bertz CT molecular complexity index is 568. The van der Waals surface area contributed by atoms with Crippen LogP contribution in [0, 0.1) is 6.92 Å². The first kappa shape index (κ1) is 14.5. The van der Waals surface area contributed by atoms with Crippen molar-refractivity contribution in [3.8, 4) is 11.1 Å². The molecule has 0 aliphatic rings. The largest absolute Gasteiger partial charge is 0.308 e. The van der Waals surface area contributed by atoms with Crippen LogP contribution in [0.2, 0.25) is 0 Å². The van der Waals surface area contributed by atoms with Gasteiger partial charge < -0.3 is 4.90 Å². The molecule has 2 rings (SSSR count). The Morgan fingerprint density at radius 1 is 1.00 bits per heavy atom. The van der Waals surface area contributed by atoms with Crippen LogP contribution in [-0.2, 0) is 0 Å². The standard InChI is InChI=1S/C18H22N2/c1-15-8-10-16(11-9-15)18-7-5-4-6-17(18)14-19-12-13-20(2)3/h4-11,14H,12-13H2,1-3H3. The molecule has 2 aromatic carbocycles. The molecule has 0 saturated carbocycles. The highest BCUT2D eigenvalue weighted by molar-refractivity contribution is 5.90. The Morgan fingerprint density at radius 3 is 2.40 bits per heavy atom. The summed E-state index contributed by atoms with van der Waals surface area (Å²) in [6, 6.07) is 17.0. The lowest BCUT2D eigenvalue weighted by Crippen LogP contribution is -2.15. The monoisotopic (exact) mass is 266 g/mol. The summed E-state index contributed by atoms with van der Waals surface area (Å²) < 4.78 is 0. The smallest absolute Gasteiger partial charge is 0.0516 e. The molecule has 2 nitrogen and oxygen atoms in total. The van der Waals surface area contributed by atoms with Gasteiger partial charge in [0.25, 0.3) is 0 Å². The van der Waals surface area contributed by atoms with Gasteiger partial charge in [0.15, 0.2) is 0 Å². The number of rotatable bonds is 5. The Balaban J connectivity index is 2.20. The predicted molar refractivity (Wildman–Crippen MR) is 87.6 cm³/mol. The second-order valence-corrected chi connectivity index (χ2v) is 5.29. The van der Waals surface area contributed by atoms with E-state index >= 15 is 0 Å². The molecule has 0 radical (unpaired) electrons. The minimum absolute atomic E-state index is 0.829. The Kier molecular flexibility index (Phi) is 5.08. The lowest BCUT2D eigenvalue weighted by molar-refractivity contribution is 0.421. The van der Waals surface area contributed by atoms with Gasteiger partial charge in [-0.1, -0.05) is 54.1 Å². The Morgan fingerprint density at radius 2 is 1.70 bits per heavy atom. The van der Waals surface area contributed by atoms with Gasteiger partial charge >= 0.3 is 0 Å². The molecule has 0 atom stereocenters. The van der Waals surface area contributed by atoms with Crippen molar-refractivity contribution in [1.29, 1.82) is 0 Å². The van der Waals surface area contributed by atoms with Gasteiger partial charge in [0.1, 0.15) is 0 Å². The first-order chi connectivity index (χ1) is 9.66. The van der Waals surface area contributed by atoms with Gasteiger partial charge in [0, 0.05) is 18.3 Å². The lowest BCUT2D eigenvalue weighted by atomic mass is 9.99. The summed E-state index contributed by atoms with van der Waals surface area (Å²) in [5.41, 5.74) is 4.94. The number of aryl methyl sites for hydroxylation is 1. The highest BCUT2D eigenvalue weighted by Crippen LogP contribution is 2.22. The van der Waals surface area contributed by atoms with Crippen molar-refractivity contribution in [2.75, 3.05) is 27.2 Å². The Hall–Kier alpha value is -1.93. The summed E-state index contributed by atoms with van der Waals surface area (Å²) in [4.78, 5) is 6.66. The molecular formula is C18H22N2. The molecule has 0 spiro atoms. The molecule has 2 heteroatoms. The zero-order valence-corrected chi connectivity index (χ0v) is 12.5. The number of likely N-dealkylation sites (N-methyl/N-ethyl adjacent to an activating group) is 1. The van der Waals surface area contributed by atoms with E-state index in [0.717, 1.165) is 13.1 Å². The molecule has 0 saturated heterocycles. The van der Waals surface area contributed by atoms with E-state index in [1.165, 1.54) is 22.3 Å². The third-order valence-electron chi connectivity index (χ3n) is 3.23. The molecular weight excluding hydrogens is 244 g/mol. The predicted octanol–water partition coefficient (Wildman–Crippen LogP) is 3.64. The first-order valence-corrected chi connectivity index (χ1v) is 6.97. The summed E-state index contributed by atoms with van der Waals surface area (Å²) >= 11 is 0. The molecule has 0 amide bonds. The minimum atomic E-state index is 0.829. The van der Waals surface area contributed by atoms with E-state index in [2.05, 4.69) is 79.4 Å². The van der Waals surface area contributed by atoms with Crippen LogP contribution in [0.1, 0.15) is 11.1 Å². The van der Waals surface area contributed by atoms with Gasteiger partial charge in [-0.25, -0.2) is 0 Å². The van der Waals surface area contributed by atoms with Gasteiger partial charge in [-0.15, -0.1) is 0 Å². The van der Waals surface area contributed by atoms with E-state index in [1.807, 2.05) is 6.21 Å². The van der Waals surface area contributed by atoms with Crippen LogP contribution in [-0.4, -0.2) is 38.3 Å². The SMILES string of the molecule is Cc1ccc(-c2ccccc2C=NCCN(C)C)cc1. The summed E-state index contributed by atoms with van der Waals surface area (Å²) in [6.07, 6.45) is 1.98. The molecule has 0 fully saturated rings. The normalized spacial score (nSPS) is 11.4. The van der Waals surface area contributed by atoms with Gasteiger partial charge in [0.05, 0.1) is 6.54 Å². The van der Waals surface area contributed by atoms with Crippen molar-refractivity contribution in [2.24, 2.45) is 4.99 Å². The van der Waals surface area contributed by atoms with Crippen LogP contribution in [0.4, 0.5) is 0 Å². The van der Waals surface area contributed by atoms with Gasteiger partial charge in [-0.2, -0.15) is 0 Å². The van der Waals surface area contributed by atoms with Gasteiger partial charge in [0.2, 0.25) is 0 Å². The van der Waals surface area contributed by atoms with E-state index in [1.54, 1.807) is 0 Å². The van der Waals surface area contributed by atoms with Crippen LogP contribution in [0.25, 0.3) is 11.1 Å². The zero-order valence-electron chi connectivity index (χ0n) is 12.5. The molecule has 20 heavy (non-hydrogen) atoms. The fraction of sp³-hybridized carbons (Fsp3) is 0.278. The number of nitrogens with zero attached hydrogens (tertiary/aromatic N) is 2. The van der Waals surface area contributed by atoms with E-state index in [4.69, 9.17) is 0 Å². The fourth-order valence-corrected chi connectivity index (χ4v) is 2.03. The number of benzene rings is 2. The summed E-state index contributed by atoms with van der Waals surface area (Å²) in [7, 11) is 4.13. The van der Waals surface area contributed by atoms with Crippen molar-refractivity contribution in [1.82, 2.24) is 4.90 Å². The van der Waals surface area contributed by atoms with Crippen LogP contribution >= 0.6 is 0 Å². The third kappa shape index (κ3) is 4.04. The quantitative estimate of drug-likeness (QED) is 0.754. The van der Waals surface area contributed by atoms with Crippen molar-refractivity contribution in [3.63, 3.8) is 0 Å². The highest BCUT2D eigenvalue weighted by Gasteiger charge is 2.02. The molecule has 0 N–H and O–H groups in total. The van der Waals surface area contributed by atoms with E-state index in [0.29, 0.717) is 0 Å². The topological polar surface area (TPSA) is 15.6 Å². The lowest BCUT2D eigenvalue weighted by Gasteiger charge is -2.07. The van der Waals surface area contributed by atoms with E-state index < -0.39 is 0 Å². The minimum Gasteiger partial charge on any atom is -0.308 e. The molecule has 0 aromatic heterocycles. The number of aliphatic imine (C=N–C) groups is 1. The third-order valence-corrected chi connectivity index (χ3v) is 3.23. The average molecular weight is 266 g/mol. The fourth-order valence-electron chi connectivity index (χ4n) is 2.03. The average Bonchev–Trinajstić information content (AvgIpc) is 2.45. The molecule has 0 aliphatic heterocycles. The summed E-state index contributed by atoms with van der Waals surface area (Å²) in [5.74, 6) is 0. The van der Waals surface area contributed by atoms with Crippen molar-refractivity contribution in [3.05, 3.63) is 59.7 Å². The molecule has 0 heterocycles. The van der Waals surface area contributed by atoms with Crippen molar-refractivity contribution < 1.29 is 0 Å². The summed E-state index contributed by atoms with van der Waals surface area (Å²) in [5, 5.41) is 0. The van der Waals surface area contributed by atoms with Crippen LogP contribution in [0.5, 0.6) is 0 Å². The van der Waals surface area contributed by atoms with Crippen LogP contribution in [0.15, 0.2) is 53.5 Å². The Labute approximate surface area is 121 Å². The van der Waals surface area contributed by atoms with Crippen LogP contribution < -0.4 is 0 Å². The zero-order chi connectivity index (χ0) is 14.4. The van der Waals surface area contributed by atoms with Crippen molar-refractivity contribution in [2.45, 2.75) is 6.92 Å². The molecule has 104 valence electrons. The number of hydrogen-bond donors (Lipinski definition) is 0. The van der Waals surface area contributed by atoms with Crippen molar-refractivity contribution >= 4 is 6.21 Å². The molecule has 0 unspecified atom stereocenters. The van der Waals surface area contributed by atoms with E-state index in [9.17, 15) is 0 Å². The maximum Gasteiger partial charge on any atom is 0.0516 e. The second kappa shape index (κ2) is 7.01. The van der Waals surface area contributed by atoms with Gasteiger partial charge in [-0.3, -0.25) is 4.99 Å². The van der Waals surface area contributed by atoms with Crippen LogP contribution in [0.3, 0.4) is 0 Å².